The van der Waals surface area contributed by atoms with Crippen LogP contribution in [0.15, 0.2) is 0 Å². The zero-order valence-corrected chi connectivity index (χ0v) is 9.99. The van der Waals surface area contributed by atoms with Crippen LogP contribution in [0.25, 0.3) is 0 Å². The molecule has 0 aromatic carbocycles. The van der Waals surface area contributed by atoms with Crippen molar-refractivity contribution >= 4 is 28.9 Å². The monoisotopic (exact) mass is 220 g/mol. The Morgan fingerprint density at radius 1 is 1.62 bits per heavy atom. The van der Waals surface area contributed by atoms with E-state index in [1.54, 1.807) is 6.92 Å². The maximum Gasteiger partial charge on any atom is 2.00 e. The second-order valence-corrected chi connectivity index (χ2v) is 6.95. The second kappa shape index (κ2) is 5.34. The maximum absolute atomic E-state index is 10.0. The molecule has 0 fully saturated rings. The topological polar surface area (TPSA) is 46.1 Å². The van der Waals surface area contributed by atoms with Crippen LogP contribution in [0.4, 0.5) is 0 Å². The minimum Gasteiger partial charge on any atom is -0.825 e. The molecular formula is C2H5O2PS2Zn. The minimum absolute atomic E-state index is 0. The van der Waals surface area contributed by atoms with Gasteiger partial charge in [0.2, 0.25) is 0 Å². The molecule has 2 nitrogen and oxygen atoms in total. The van der Waals surface area contributed by atoms with E-state index in [1.165, 1.54) is 0 Å². The summed E-state index contributed by atoms with van der Waals surface area (Å²) in [5.74, 6) is 0.546. The number of hydrogen-bond donors (Lipinski definition) is 0. The van der Waals surface area contributed by atoms with E-state index in [9.17, 15) is 9.79 Å². The van der Waals surface area contributed by atoms with E-state index in [1.807, 2.05) is 0 Å². The van der Waals surface area contributed by atoms with Gasteiger partial charge in [-0.1, -0.05) is 6.92 Å². The van der Waals surface area contributed by atoms with Gasteiger partial charge in [0.1, 0.15) is 0 Å². The molecule has 8 heavy (non-hydrogen) atoms. The van der Waals surface area contributed by atoms with Crippen molar-refractivity contribution in [3.05, 3.63) is 0 Å². The van der Waals surface area contributed by atoms with Crippen molar-refractivity contribution in [2.45, 2.75) is 6.92 Å². The molecule has 0 bridgehead atoms. The van der Waals surface area contributed by atoms with Crippen LogP contribution in [0, 0.1) is 0 Å². The Morgan fingerprint density at radius 2 is 2.00 bits per heavy atom. The minimum atomic E-state index is -3.42. The molecule has 0 N–H and O–H groups in total. The predicted molar refractivity (Wildman–Crippen MR) is 32.4 cm³/mol. The summed E-state index contributed by atoms with van der Waals surface area (Å²) in [6.07, 6.45) is 0. The molecule has 0 aliphatic rings. The van der Waals surface area contributed by atoms with E-state index >= 15 is 0 Å². The molecule has 0 heterocycles. The molecule has 6 heteroatoms. The van der Waals surface area contributed by atoms with Gasteiger partial charge in [-0.15, -0.1) is 11.8 Å². The average molecular weight is 222 g/mol. The molecule has 0 amide bonds. The molecule has 0 aromatic heterocycles. The van der Waals surface area contributed by atoms with Crippen molar-refractivity contribution < 1.29 is 29.3 Å². The van der Waals surface area contributed by atoms with Gasteiger partial charge in [0.25, 0.3) is 0 Å². The van der Waals surface area contributed by atoms with E-state index in [0.29, 0.717) is 5.75 Å². The van der Waals surface area contributed by atoms with Crippen molar-refractivity contribution in [2.24, 2.45) is 0 Å². The molecule has 0 saturated carbocycles. The summed E-state index contributed by atoms with van der Waals surface area (Å²) in [5, 5.41) is 0. The van der Waals surface area contributed by atoms with Crippen LogP contribution in [-0.4, -0.2) is 5.75 Å². The van der Waals surface area contributed by atoms with Crippen LogP contribution in [0.2, 0.25) is 0 Å². The van der Waals surface area contributed by atoms with Crippen molar-refractivity contribution in [1.82, 2.24) is 0 Å². The molecular weight excluding hydrogens is 217 g/mol. The Bertz CT molecular complexity index is 92.0. The first kappa shape index (κ1) is 12.2. The zero-order chi connectivity index (χ0) is 5.91. The summed E-state index contributed by atoms with van der Waals surface area (Å²) in [5.41, 5.74) is -3.42. The van der Waals surface area contributed by atoms with Gasteiger partial charge in [-0.25, -0.2) is 0 Å². The number of rotatable bonds is 2. The Labute approximate surface area is 70.7 Å². The molecule has 0 aromatic rings. The summed E-state index contributed by atoms with van der Waals surface area (Å²) in [4.78, 5) is 20.1. The smallest absolute Gasteiger partial charge is 0.825 e. The normalized spacial score (nSPS) is 10.4. The third-order valence-electron chi connectivity index (χ3n) is 0.287. The standard InChI is InChI=1S/C2H7O2PS2.Zn/c1-2-7-5(3,4)6;/h2H2,1H3,(H2,3,4,6);/q;+2/p-2. The molecule has 0 radical (unpaired) electrons. The molecule has 0 rings (SSSR count). The molecule has 0 aliphatic heterocycles. The van der Waals surface area contributed by atoms with Crippen LogP contribution in [0.3, 0.4) is 0 Å². The summed E-state index contributed by atoms with van der Waals surface area (Å²) >= 11 is 4.85. The Hall–Kier alpha value is 1.54. The fraction of sp³-hybridized carbons (Fsp3) is 1.00. The zero-order valence-electron chi connectivity index (χ0n) is 4.49. The van der Waals surface area contributed by atoms with Gasteiger partial charge in [0.05, 0.1) is 0 Å². The van der Waals surface area contributed by atoms with Crippen LogP contribution in [0.5, 0.6) is 0 Å². The first-order valence-corrected chi connectivity index (χ1v) is 5.95. The van der Waals surface area contributed by atoms with Crippen LogP contribution in [-0.2, 0) is 31.3 Å². The first-order chi connectivity index (χ1) is 3.06. The van der Waals surface area contributed by atoms with Gasteiger partial charge in [-0.2, -0.15) is 17.1 Å². The second-order valence-electron chi connectivity index (χ2n) is 0.865. The molecule has 0 spiro atoms. The average Bonchev–Trinajstić information content (AvgIpc) is 1.30. The van der Waals surface area contributed by atoms with Gasteiger partial charge in [-0.3, -0.25) is 0 Å². The van der Waals surface area contributed by atoms with Crippen LogP contribution in [0.1, 0.15) is 6.92 Å². The first-order valence-electron chi connectivity index (χ1n) is 1.73. The van der Waals surface area contributed by atoms with E-state index in [0.717, 1.165) is 11.4 Å². The van der Waals surface area contributed by atoms with Gasteiger partial charge in [0, 0.05) is 0 Å². The van der Waals surface area contributed by atoms with Crippen LogP contribution < -0.4 is 9.79 Å². The summed E-state index contributed by atoms with van der Waals surface area (Å²) in [6.45, 7) is 1.75. The van der Waals surface area contributed by atoms with Crippen molar-refractivity contribution in [3.8, 4) is 0 Å². The molecule has 0 aliphatic carbocycles. The summed E-state index contributed by atoms with van der Waals surface area (Å²) < 4.78 is 0. The van der Waals surface area contributed by atoms with Crippen LogP contribution >= 0.6 is 17.1 Å². The number of hydrogen-bond acceptors (Lipinski definition) is 4. The van der Waals surface area contributed by atoms with Gasteiger partial charge in [-0.05, 0) is 5.75 Å². The van der Waals surface area contributed by atoms with E-state index in [4.69, 9.17) is 0 Å². The SMILES string of the molecule is CCSP([O-])([O-])=S.[Zn+2]. The maximum atomic E-state index is 10.0. The third kappa shape index (κ3) is 10.5. The molecule has 0 saturated heterocycles. The van der Waals surface area contributed by atoms with Crippen molar-refractivity contribution in [2.75, 3.05) is 5.75 Å². The summed E-state index contributed by atoms with van der Waals surface area (Å²) in [6, 6.07) is 0. The molecule has 0 unspecified atom stereocenters. The Balaban J connectivity index is 0. The quantitative estimate of drug-likeness (QED) is 0.474. The van der Waals surface area contributed by atoms with E-state index in [2.05, 4.69) is 11.8 Å². The Morgan fingerprint density at radius 3 is 2.00 bits per heavy atom. The largest absolute Gasteiger partial charge is 2.00 e. The fourth-order valence-corrected chi connectivity index (χ4v) is 2.37. The fourth-order valence-electron chi connectivity index (χ4n) is 0.158. The van der Waals surface area contributed by atoms with Gasteiger partial charge < -0.3 is 9.79 Å². The van der Waals surface area contributed by atoms with Crippen molar-refractivity contribution in [3.63, 3.8) is 0 Å². The predicted octanol–water partition coefficient (Wildman–Crippen LogP) is -0.318. The van der Waals surface area contributed by atoms with E-state index in [-0.39, 0.29) is 19.5 Å². The van der Waals surface area contributed by atoms with Gasteiger partial charge >= 0.3 is 19.5 Å². The van der Waals surface area contributed by atoms with Crippen molar-refractivity contribution in [1.29, 1.82) is 0 Å². The Kier molecular flexibility index (Phi) is 8.17. The summed E-state index contributed by atoms with van der Waals surface area (Å²) in [7, 11) is 0. The van der Waals surface area contributed by atoms with E-state index < -0.39 is 5.69 Å². The molecule has 0 atom stereocenters. The third-order valence-corrected chi connectivity index (χ3v) is 3.53. The van der Waals surface area contributed by atoms with Gasteiger partial charge in [0.15, 0.2) is 0 Å². The molecule has 44 valence electrons.